The summed E-state index contributed by atoms with van der Waals surface area (Å²) in [5.41, 5.74) is 0. The van der Waals surface area contributed by atoms with Gasteiger partial charge in [-0.05, 0) is 70.6 Å². The third kappa shape index (κ3) is 59.3. The first kappa shape index (κ1) is 73.7. The number of amides is 1. The van der Waals surface area contributed by atoms with Gasteiger partial charge in [0.1, 0.15) is 13.2 Å². The van der Waals surface area contributed by atoms with Gasteiger partial charge in [-0.15, -0.1) is 0 Å². The van der Waals surface area contributed by atoms with Crippen LogP contribution < -0.4 is 10.2 Å². The van der Waals surface area contributed by atoms with Gasteiger partial charge in [0, 0.05) is 6.42 Å². The van der Waals surface area contributed by atoms with Crippen LogP contribution in [0.2, 0.25) is 0 Å². The summed E-state index contributed by atoms with van der Waals surface area (Å²) in [7, 11) is 1.31. The molecule has 8 nitrogen and oxygen atoms in total. The largest absolute Gasteiger partial charge is 0.756 e. The first-order chi connectivity index (χ1) is 37.0. The van der Waals surface area contributed by atoms with Crippen LogP contribution in [-0.2, 0) is 18.4 Å². The number of quaternary nitrogens is 1. The number of nitrogens with one attached hydrogen (secondary N) is 1. The Morgan fingerprint density at radius 3 is 1.17 bits per heavy atom. The van der Waals surface area contributed by atoms with E-state index in [4.69, 9.17) is 9.05 Å². The Morgan fingerprint density at radius 1 is 0.474 bits per heavy atom. The molecule has 2 N–H and O–H groups in total. The summed E-state index contributed by atoms with van der Waals surface area (Å²) < 4.78 is 23.4. The molecule has 0 radical (unpaired) electrons. The predicted molar refractivity (Wildman–Crippen MR) is 330 cm³/mol. The summed E-state index contributed by atoms with van der Waals surface area (Å²) in [6.45, 7) is 4.62. The van der Waals surface area contributed by atoms with Crippen LogP contribution in [0.15, 0.2) is 85.1 Å². The molecule has 0 fully saturated rings. The van der Waals surface area contributed by atoms with Gasteiger partial charge in [0.25, 0.3) is 7.82 Å². The molecule has 1 amide bonds. The standard InChI is InChI=1S/C67H123N2O6P/c1-6-8-10-12-14-16-18-20-22-23-24-25-26-27-28-29-30-31-32-33-34-35-36-37-38-39-40-41-42-43-44-45-47-49-51-53-55-57-59-61-67(71)68-65(64-75-76(72,73)74-63-62-69(3,4)5)66(70)60-58-56-54-52-50-48-46-21-19-17-15-13-11-9-7-2/h8,10,14,16,20,22,24-25,27-28,30-31,33-34,65-66,70H,6-7,9,11-13,15,17-19,21,23,26,29,32,35-64H2,1-5H3,(H-,68,71,72,73)/b10-8-,16-14-,22-20-,25-24-,28-27-,31-30-,34-33-. The monoisotopic (exact) mass is 1080 g/mol. The molecule has 0 saturated heterocycles. The van der Waals surface area contributed by atoms with E-state index in [9.17, 15) is 19.4 Å². The summed E-state index contributed by atoms with van der Waals surface area (Å²) in [5.74, 6) is -0.164. The van der Waals surface area contributed by atoms with E-state index in [1.54, 1.807) is 0 Å². The Balaban J connectivity index is 3.97. The Bertz CT molecular complexity index is 1510. The van der Waals surface area contributed by atoms with Crippen LogP contribution in [-0.4, -0.2) is 68.5 Å². The topological polar surface area (TPSA) is 108 Å². The highest BCUT2D eigenvalue weighted by Gasteiger charge is 2.24. The maximum Gasteiger partial charge on any atom is 0.268 e. The molecule has 76 heavy (non-hydrogen) atoms. The summed E-state index contributed by atoms with van der Waals surface area (Å²) in [5, 5.41) is 14.0. The van der Waals surface area contributed by atoms with Gasteiger partial charge >= 0.3 is 0 Å². The first-order valence-electron chi connectivity index (χ1n) is 31.9. The number of rotatable bonds is 58. The number of aliphatic hydroxyl groups is 1. The van der Waals surface area contributed by atoms with Gasteiger partial charge in [-0.2, -0.15) is 0 Å². The highest BCUT2D eigenvalue weighted by atomic mass is 31.2. The second-order valence-electron chi connectivity index (χ2n) is 22.7. The Labute approximate surface area is 471 Å². The Kier molecular flexibility index (Phi) is 55.6. The van der Waals surface area contributed by atoms with Crippen molar-refractivity contribution in [3.8, 4) is 0 Å². The van der Waals surface area contributed by atoms with Crippen molar-refractivity contribution in [3.63, 3.8) is 0 Å². The normalized spacial score (nSPS) is 14.4. The number of allylic oxidation sites excluding steroid dienone is 14. The van der Waals surface area contributed by atoms with E-state index >= 15 is 0 Å². The Hall–Kier alpha value is -2.32. The number of phosphoric ester groups is 1. The van der Waals surface area contributed by atoms with Crippen molar-refractivity contribution >= 4 is 13.7 Å². The zero-order valence-electron chi connectivity index (χ0n) is 50.4. The number of carbonyl (C=O) groups is 1. The van der Waals surface area contributed by atoms with Gasteiger partial charge in [0.05, 0.1) is 39.9 Å². The van der Waals surface area contributed by atoms with Crippen molar-refractivity contribution < 1.29 is 32.9 Å². The van der Waals surface area contributed by atoms with Crippen LogP contribution in [0.4, 0.5) is 0 Å². The second kappa shape index (κ2) is 57.4. The predicted octanol–water partition coefficient (Wildman–Crippen LogP) is 19.4. The van der Waals surface area contributed by atoms with Crippen LogP contribution in [0.25, 0.3) is 0 Å². The quantitative estimate of drug-likeness (QED) is 0.0272. The number of hydrogen-bond acceptors (Lipinski definition) is 6. The number of carbonyl (C=O) groups excluding carboxylic acids is 1. The minimum Gasteiger partial charge on any atom is -0.756 e. The molecule has 3 atom stereocenters. The SMILES string of the molecule is CC/C=C\C/C=C\C/C=C\C/C=C\C/C=C\C/C=C\C/C=C\CCCCCCCCCCCCCCCCCCCC(=O)NC(COP(=O)([O-])OCC[N+](C)(C)C)C(O)CCCCCCCCCCCCCCCCC. The lowest BCUT2D eigenvalue weighted by atomic mass is 10.0. The molecular formula is C67H123N2O6P. The lowest BCUT2D eigenvalue weighted by Crippen LogP contribution is -2.46. The van der Waals surface area contributed by atoms with E-state index < -0.39 is 20.0 Å². The molecule has 0 bridgehead atoms. The van der Waals surface area contributed by atoms with E-state index in [1.165, 1.54) is 173 Å². The lowest BCUT2D eigenvalue weighted by molar-refractivity contribution is -0.870. The summed E-state index contributed by atoms with van der Waals surface area (Å²) >= 11 is 0. The van der Waals surface area contributed by atoms with Crippen molar-refractivity contribution in [1.82, 2.24) is 5.32 Å². The highest BCUT2D eigenvalue weighted by molar-refractivity contribution is 7.45. The van der Waals surface area contributed by atoms with E-state index in [-0.39, 0.29) is 19.1 Å². The molecule has 0 heterocycles. The lowest BCUT2D eigenvalue weighted by Gasteiger charge is -2.30. The number of aliphatic hydroxyl groups excluding tert-OH is 1. The molecule has 0 aliphatic carbocycles. The molecule has 3 unspecified atom stereocenters. The number of likely N-dealkylation sites (N-methyl/N-ethyl adjacent to an activating group) is 1. The average molecular weight is 1080 g/mol. The van der Waals surface area contributed by atoms with Crippen molar-refractivity contribution in [1.29, 1.82) is 0 Å². The fourth-order valence-corrected chi connectivity index (χ4v) is 9.92. The fraction of sp³-hybridized carbons (Fsp3) is 0.776. The van der Waals surface area contributed by atoms with Gasteiger partial charge in [-0.3, -0.25) is 9.36 Å². The van der Waals surface area contributed by atoms with Crippen LogP contribution in [0.3, 0.4) is 0 Å². The van der Waals surface area contributed by atoms with Crippen LogP contribution in [0.5, 0.6) is 0 Å². The van der Waals surface area contributed by atoms with Crippen molar-refractivity contribution in [2.24, 2.45) is 0 Å². The molecule has 0 aromatic heterocycles. The molecule has 0 aromatic rings. The molecule has 0 saturated carbocycles. The van der Waals surface area contributed by atoms with Crippen LogP contribution in [0, 0.1) is 0 Å². The number of nitrogens with zero attached hydrogens (tertiary/aromatic N) is 1. The Morgan fingerprint density at radius 2 is 0.803 bits per heavy atom. The number of unbranched alkanes of at least 4 members (excludes halogenated alkanes) is 31. The molecule has 9 heteroatoms. The third-order valence-electron chi connectivity index (χ3n) is 14.1. The minimum atomic E-state index is -4.57. The van der Waals surface area contributed by atoms with E-state index in [0.29, 0.717) is 23.9 Å². The highest BCUT2D eigenvalue weighted by Crippen LogP contribution is 2.38. The van der Waals surface area contributed by atoms with Gasteiger partial charge in [-0.25, -0.2) is 0 Å². The third-order valence-corrected chi connectivity index (χ3v) is 15.1. The summed E-state index contributed by atoms with van der Waals surface area (Å²) in [6.07, 6.45) is 80.7. The second-order valence-corrected chi connectivity index (χ2v) is 24.2. The van der Waals surface area contributed by atoms with E-state index in [1.807, 2.05) is 21.1 Å². The summed E-state index contributed by atoms with van der Waals surface area (Å²) in [6, 6.07) is -0.803. The van der Waals surface area contributed by atoms with Gasteiger partial charge in [-0.1, -0.05) is 292 Å². The first-order valence-corrected chi connectivity index (χ1v) is 33.4. The number of hydrogen-bond donors (Lipinski definition) is 2. The molecule has 0 spiro atoms. The molecule has 0 aromatic carbocycles. The zero-order chi connectivity index (χ0) is 55.6. The van der Waals surface area contributed by atoms with E-state index in [2.05, 4.69) is 104 Å². The van der Waals surface area contributed by atoms with Crippen molar-refractivity contribution in [3.05, 3.63) is 85.1 Å². The maximum atomic E-state index is 13.0. The molecule has 442 valence electrons. The van der Waals surface area contributed by atoms with Crippen molar-refractivity contribution in [2.75, 3.05) is 40.9 Å². The average Bonchev–Trinajstić information content (AvgIpc) is 3.38. The smallest absolute Gasteiger partial charge is 0.268 e. The molecular weight excluding hydrogens is 960 g/mol. The molecule has 0 aliphatic heterocycles. The summed E-state index contributed by atoms with van der Waals surface area (Å²) in [4.78, 5) is 25.6. The van der Waals surface area contributed by atoms with Gasteiger partial charge in [0.15, 0.2) is 0 Å². The van der Waals surface area contributed by atoms with Crippen LogP contribution in [0.1, 0.15) is 284 Å². The zero-order valence-corrected chi connectivity index (χ0v) is 51.3. The van der Waals surface area contributed by atoms with Crippen molar-refractivity contribution in [2.45, 2.75) is 296 Å². The van der Waals surface area contributed by atoms with Crippen LogP contribution >= 0.6 is 7.82 Å². The maximum absolute atomic E-state index is 13.0. The molecule has 0 aliphatic rings. The molecule has 0 rings (SSSR count). The van der Waals surface area contributed by atoms with Gasteiger partial charge < -0.3 is 28.8 Å². The number of phosphoric acid groups is 1. The van der Waals surface area contributed by atoms with E-state index in [0.717, 1.165) is 83.5 Å². The van der Waals surface area contributed by atoms with Gasteiger partial charge in [0.2, 0.25) is 5.91 Å². The fourth-order valence-electron chi connectivity index (χ4n) is 9.20. The minimum absolute atomic E-state index is 0.0112.